The van der Waals surface area contributed by atoms with E-state index >= 15 is 0 Å². The molecule has 53 heavy (non-hydrogen) atoms. The Bertz CT molecular complexity index is 1980. The van der Waals surface area contributed by atoms with Crippen molar-refractivity contribution in [3.05, 3.63) is 100 Å². The van der Waals surface area contributed by atoms with Crippen LogP contribution in [-0.4, -0.2) is 69.1 Å². The normalized spacial score (nSPS) is 13.6. The average Bonchev–Trinajstić information content (AvgIpc) is 3.88. The highest BCUT2D eigenvalue weighted by Crippen LogP contribution is 2.48. The minimum atomic E-state index is -4.67. The third-order valence-electron chi connectivity index (χ3n) is 7.64. The van der Waals surface area contributed by atoms with E-state index in [0.717, 1.165) is 23.8 Å². The lowest BCUT2D eigenvalue weighted by molar-refractivity contribution is -0.154. The number of nitrogens with one attached hydrogen (secondary N) is 5. The highest BCUT2D eigenvalue weighted by atomic mass is 35.5. The summed E-state index contributed by atoms with van der Waals surface area (Å²) >= 11 is 6.00. The lowest BCUT2D eigenvalue weighted by Gasteiger charge is -2.19. The van der Waals surface area contributed by atoms with E-state index in [1.54, 1.807) is 24.3 Å². The topological polar surface area (TPSA) is 197 Å². The monoisotopic (exact) mass is 762 g/mol. The fraction of sp³-hybridized carbons (Fsp3) is 0.242. The molecule has 0 unspecified atom stereocenters. The Morgan fingerprint density at radius 2 is 1.49 bits per heavy atom. The number of anilines is 3. The zero-order valence-electron chi connectivity index (χ0n) is 27.1. The quantitative estimate of drug-likeness (QED) is 0.0796. The number of nitrogens with zero attached hydrogens (tertiary/aromatic N) is 3. The summed E-state index contributed by atoms with van der Waals surface area (Å²) in [5.41, 5.74) is 0.00556. The van der Waals surface area contributed by atoms with Gasteiger partial charge in [0.15, 0.2) is 6.61 Å². The first-order valence-corrected chi connectivity index (χ1v) is 15.9. The van der Waals surface area contributed by atoms with Crippen molar-refractivity contribution in [1.29, 1.82) is 0 Å². The average molecular weight is 763 g/mol. The summed E-state index contributed by atoms with van der Waals surface area (Å²) in [6, 6.07) is 13.0. The van der Waals surface area contributed by atoms with Crippen LogP contribution in [0.1, 0.15) is 34.3 Å². The van der Waals surface area contributed by atoms with Crippen LogP contribution in [0.4, 0.5) is 39.5 Å². The number of hydrogen-bond acceptors (Lipinski definition) is 10. The number of carboxylic acid groups (broad SMARTS) is 1. The highest BCUT2D eigenvalue weighted by Gasteiger charge is 2.45. The predicted octanol–water partition coefficient (Wildman–Crippen LogP) is 4.20. The van der Waals surface area contributed by atoms with E-state index in [1.165, 1.54) is 24.3 Å². The number of carboxylic acids is 1. The van der Waals surface area contributed by atoms with Crippen LogP contribution in [0.3, 0.4) is 0 Å². The van der Waals surface area contributed by atoms with Crippen LogP contribution < -0.4 is 31.3 Å². The molecule has 1 aromatic heterocycles. The van der Waals surface area contributed by atoms with Crippen molar-refractivity contribution >= 4 is 52.9 Å². The van der Waals surface area contributed by atoms with Crippen molar-refractivity contribution in [2.45, 2.75) is 37.1 Å². The van der Waals surface area contributed by atoms with Gasteiger partial charge >= 0.3 is 30.0 Å². The van der Waals surface area contributed by atoms with E-state index in [-0.39, 0.29) is 23.1 Å². The Morgan fingerprint density at radius 3 is 2.09 bits per heavy atom. The number of aliphatic carboxylic acids is 1. The molecular formula is C33H28ClF5N8O6. The van der Waals surface area contributed by atoms with E-state index in [1.807, 2.05) is 10.6 Å². The van der Waals surface area contributed by atoms with Crippen molar-refractivity contribution in [2.24, 2.45) is 0 Å². The smallest absolute Gasteiger partial charge is 0.422 e. The summed E-state index contributed by atoms with van der Waals surface area (Å²) in [4.78, 5) is 61.0. The minimum Gasteiger partial charge on any atom is -0.480 e. The molecule has 3 amide bonds. The number of alkyl halides is 3. The van der Waals surface area contributed by atoms with Crippen LogP contribution in [-0.2, 0) is 26.5 Å². The summed E-state index contributed by atoms with van der Waals surface area (Å²) in [6.07, 6.45) is -3.32. The summed E-state index contributed by atoms with van der Waals surface area (Å²) < 4.78 is 71.0. The molecule has 3 aromatic carbocycles. The second-order valence-electron chi connectivity index (χ2n) is 11.5. The summed E-state index contributed by atoms with van der Waals surface area (Å²) in [5, 5.41) is 22.3. The lowest BCUT2D eigenvalue weighted by Crippen LogP contribution is -2.50. The Hall–Kier alpha value is -6.11. The van der Waals surface area contributed by atoms with E-state index in [9.17, 15) is 46.2 Å². The van der Waals surface area contributed by atoms with Gasteiger partial charge in [-0.2, -0.15) is 28.1 Å². The molecule has 1 aliphatic rings. The number of carbonyl (C=O) groups is 4. The summed E-state index contributed by atoms with van der Waals surface area (Å²) in [5.74, 6) is -7.24. The first-order valence-electron chi connectivity index (χ1n) is 15.5. The van der Waals surface area contributed by atoms with Gasteiger partial charge in [0.1, 0.15) is 17.7 Å². The van der Waals surface area contributed by atoms with E-state index in [4.69, 9.17) is 16.3 Å². The Labute approximate surface area is 301 Å². The first-order chi connectivity index (χ1) is 25.1. The second-order valence-corrected chi connectivity index (χ2v) is 12.0. The third-order valence-corrected chi connectivity index (χ3v) is 7.90. The highest BCUT2D eigenvalue weighted by molar-refractivity contribution is 6.35. The molecule has 278 valence electrons. The van der Waals surface area contributed by atoms with Crippen LogP contribution >= 0.6 is 11.6 Å². The zero-order chi connectivity index (χ0) is 38.3. The van der Waals surface area contributed by atoms with Gasteiger partial charge in [-0.3, -0.25) is 14.4 Å². The third kappa shape index (κ3) is 10.5. The number of halogens is 6. The lowest BCUT2D eigenvalue weighted by atomic mass is 10.1. The van der Waals surface area contributed by atoms with Gasteiger partial charge in [0, 0.05) is 34.9 Å². The Balaban J connectivity index is 1.20. The van der Waals surface area contributed by atoms with Gasteiger partial charge in [0.2, 0.25) is 11.9 Å². The van der Waals surface area contributed by atoms with E-state index in [0.29, 0.717) is 17.9 Å². The number of aromatic nitrogens is 3. The number of rotatable bonds is 14. The Kier molecular flexibility index (Phi) is 11.6. The van der Waals surface area contributed by atoms with Crippen LogP contribution in [0.2, 0.25) is 5.02 Å². The fourth-order valence-corrected chi connectivity index (χ4v) is 4.90. The van der Waals surface area contributed by atoms with Crippen molar-refractivity contribution < 1.29 is 51.0 Å². The second kappa shape index (κ2) is 16.1. The molecule has 5 rings (SSSR count). The number of ether oxygens (including phenoxy) is 1. The van der Waals surface area contributed by atoms with Gasteiger partial charge in [0.05, 0.1) is 5.54 Å². The molecular weight excluding hydrogens is 735 g/mol. The number of amides is 3. The molecule has 6 N–H and O–H groups in total. The van der Waals surface area contributed by atoms with Crippen molar-refractivity contribution in [1.82, 2.24) is 30.9 Å². The van der Waals surface area contributed by atoms with E-state index < -0.39 is 84.4 Å². The molecule has 4 aromatic rings. The molecule has 0 radical (unpaired) electrons. The van der Waals surface area contributed by atoms with Gasteiger partial charge in [-0.1, -0.05) is 29.8 Å². The molecule has 0 saturated heterocycles. The Morgan fingerprint density at radius 1 is 0.868 bits per heavy atom. The zero-order valence-corrected chi connectivity index (χ0v) is 27.8. The predicted molar refractivity (Wildman–Crippen MR) is 177 cm³/mol. The number of hydrogen-bond donors (Lipinski definition) is 6. The van der Waals surface area contributed by atoms with Gasteiger partial charge in [0.25, 0.3) is 5.91 Å². The number of benzene rings is 3. The minimum absolute atomic E-state index is 0.0383. The number of carbonyl (C=O) groups excluding carboxylic acids is 3. The van der Waals surface area contributed by atoms with Crippen LogP contribution in [0.25, 0.3) is 0 Å². The molecule has 0 bridgehead atoms. The largest absolute Gasteiger partial charge is 0.480 e. The summed E-state index contributed by atoms with van der Waals surface area (Å²) in [7, 11) is 0. The van der Waals surface area contributed by atoms with Crippen molar-refractivity contribution in [3.8, 4) is 6.01 Å². The first kappa shape index (κ1) is 38.1. The molecule has 0 spiro atoms. The standard InChI is InChI=1S/C33H28ClF5N8O6/c34-19-8-6-18(7-9-19)32(12-13-32)47-30-44-29(45-31(46-30)53-16-33(37,38)39)42-20-10-4-17(5-11-20)25(48)43-24(28(51)52)15-41-27(50)26(49)40-14-21-22(35)2-1-3-23(21)36/h1-11,24H,12-16H2,(H,40,49)(H,41,50)(H,43,48)(H,51,52)(H2,42,44,45,46,47)/t24-/m0/s1. The van der Waals surface area contributed by atoms with Gasteiger partial charge in [-0.15, -0.1) is 0 Å². The SMILES string of the molecule is O=C(NCc1c(F)cccc1F)C(=O)NC[C@H](NC(=O)c1ccc(Nc2nc(NC3(c4ccc(Cl)cc4)CC3)nc(OCC(F)(F)F)n2)cc1)C(=O)O. The van der Waals surface area contributed by atoms with Crippen molar-refractivity contribution in [3.63, 3.8) is 0 Å². The summed E-state index contributed by atoms with van der Waals surface area (Å²) in [6.45, 7) is -3.04. The molecule has 1 heterocycles. The maximum absolute atomic E-state index is 13.8. The molecule has 1 fully saturated rings. The van der Waals surface area contributed by atoms with Crippen LogP contribution in [0.5, 0.6) is 6.01 Å². The molecule has 1 aliphatic carbocycles. The molecule has 0 aliphatic heterocycles. The molecule has 20 heteroatoms. The maximum Gasteiger partial charge on any atom is 0.422 e. The molecule has 1 saturated carbocycles. The maximum atomic E-state index is 13.8. The van der Waals surface area contributed by atoms with Crippen LogP contribution in [0, 0.1) is 11.6 Å². The van der Waals surface area contributed by atoms with Crippen molar-refractivity contribution in [2.75, 3.05) is 23.8 Å². The van der Waals surface area contributed by atoms with Crippen LogP contribution in [0.15, 0.2) is 66.7 Å². The van der Waals surface area contributed by atoms with Gasteiger partial charge in [-0.05, 0) is 66.9 Å². The van der Waals surface area contributed by atoms with Gasteiger partial charge in [-0.25, -0.2) is 13.6 Å². The fourth-order valence-electron chi connectivity index (χ4n) is 4.77. The van der Waals surface area contributed by atoms with E-state index in [2.05, 4.69) is 30.9 Å². The molecule has 1 atom stereocenters. The molecule has 14 nitrogen and oxygen atoms in total. The van der Waals surface area contributed by atoms with Gasteiger partial charge < -0.3 is 36.4 Å².